The molecule has 0 spiro atoms. The van der Waals surface area contributed by atoms with Crippen molar-refractivity contribution >= 4 is 39.9 Å². The number of hydrogen-bond acceptors (Lipinski definition) is 6. The number of oxime groups is 1. The maximum absolute atomic E-state index is 11.1. The van der Waals surface area contributed by atoms with Crippen LogP contribution in [0.25, 0.3) is 0 Å². The summed E-state index contributed by atoms with van der Waals surface area (Å²) < 4.78 is 0. The van der Waals surface area contributed by atoms with Gasteiger partial charge in [0.1, 0.15) is 12.1 Å². The summed E-state index contributed by atoms with van der Waals surface area (Å²) in [6.07, 6.45) is 1.74. The zero-order chi connectivity index (χ0) is 16.8. The van der Waals surface area contributed by atoms with Gasteiger partial charge in [-0.3, -0.25) is 0 Å². The fourth-order valence-corrected chi connectivity index (χ4v) is 2.56. The highest BCUT2D eigenvalue weighted by Crippen LogP contribution is 2.24. The number of carboxylic acids is 1. The smallest absolute Gasteiger partial charge is 0.358 e. The first-order valence-corrected chi connectivity index (χ1v) is 7.64. The van der Waals surface area contributed by atoms with Crippen LogP contribution in [-0.4, -0.2) is 44.2 Å². The molecule has 1 aromatic carbocycles. The van der Waals surface area contributed by atoms with Gasteiger partial charge in [0.2, 0.25) is 0 Å². The van der Waals surface area contributed by atoms with Gasteiger partial charge in [0.05, 0.1) is 0 Å². The minimum atomic E-state index is -1.14. The van der Waals surface area contributed by atoms with Gasteiger partial charge in [-0.2, -0.15) is 0 Å². The molecule has 0 saturated heterocycles. The van der Waals surface area contributed by atoms with Crippen molar-refractivity contribution in [1.29, 1.82) is 0 Å². The van der Waals surface area contributed by atoms with Gasteiger partial charge in [-0.15, -0.1) is 11.3 Å². The largest absolute Gasteiger partial charge is 0.476 e. The summed E-state index contributed by atoms with van der Waals surface area (Å²) >= 11 is 1.34. The Morgan fingerprint density at radius 1 is 1.30 bits per heavy atom. The van der Waals surface area contributed by atoms with E-state index in [-0.39, 0.29) is 5.71 Å². The molecular formula is C16H17N3O3S. The van der Waals surface area contributed by atoms with Crippen molar-refractivity contribution < 1.29 is 14.7 Å². The molecule has 0 unspecified atom stereocenters. The van der Waals surface area contributed by atoms with Crippen LogP contribution in [0.4, 0.5) is 10.7 Å². The molecule has 1 N–H and O–H groups in total. The van der Waals surface area contributed by atoms with Crippen molar-refractivity contribution in [3.63, 3.8) is 0 Å². The molecule has 1 heterocycles. The van der Waals surface area contributed by atoms with Gasteiger partial charge in [0.15, 0.2) is 5.71 Å². The summed E-state index contributed by atoms with van der Waals surface area (Å²) in [5, 5.41) is 15.0. The second-order valence-corrected chi connectivity index (χ2v) is 5.74. The van der Waals surface area contributed by atoms with Gasteiger partial charge in [0, 0.05) is 36.9 Å². The fourth-order valence-electron chi connectivity index (χ4n) is 1.82. The maximum atomic E-state index is 11.1. The molecule has 6 nitrogen and oxygen atoms in total. The number of carboxylic acid groups (broad SMARTS) is 1. The SMILES string of the molecule is CON=C(C(=O)O)c1csc(N=Cc2ccc(N(C)C)cc2)c1. The Kier molecular flexibility index (Phi) is 5.48. The van der Waals surface area contributed by atoms with Crippen LogP contribution in [0, 0.1) is 0 Å². The average Bonchev–Trinajstić information content (AvgIpc) is 2.99. The quantitative estimate of drug-likeness (QED) is 0.652. The minimum Gasteiger partial charge on any atom is -0.476 e. The Labute approximate surface area is 138 Å². The predicted octanol–water partition coefficient (Wildman–Crippen LogP) is 3.00. The van der Waals surface area contributed by atoms with Crippen LogP contribution in [-0.2, 0) is 9.63 Å². The van der Waals surface area contributed by atoms with Gasteiger partial charge < -0.3 is 14.8 Å². The molecule has 0 aliphatic heterocycles. The molecule has 7 heteroatoms. The van der Waals surface area contributed by atoms with E-state index in [9.17, 15) is 4.79 Å². The minimum absolute atomic E-state index is 0.138. The van der Waals surface area contributed by atoms with Gasteiger partial charge >= 0.3 is 5.97 Å². The molecule has 0 bridgehead atoms. The number of benzene rings is 1. The van der Waals surface area contributed by atoms with Crippen molar-refractivity contribution in [3.8, 4) is 0 Å². The van der Waals surface area contributed by atoms with Crippen LogP contribution >= 0.6 is 11.3 Å². The second-order valence-electron chi connectivity index (χ2n) is 4.85. The summed E-state index contributed by atoms with van der Waals surface area (Å²) in [5.74, 6) is -1.14. The lowest BCUT2D eigenvalue weighted by Gasteiger charge is -2.11. The molecule has 0 atom stereocenters. The summed E-state index contributed by atoms with van der Waals surface area (Å²) in [6, 6.07) is 9.64. The summed E-state index contributed by atoms with van der Waals surface area (Å²) in [6.45, 7) is 0. The molecular weight excluding hydrogens is 314 g/mol. The molecule has 2 rings (SSSR count). The topological polar surface area (TPSA) is 74.5 Å². The molecule has 0 aliphatic rings. The van der Waals surface area contributed by atoms with Crippen LogP contribution in [0.5, 0.6) is 0 Å². The van der Waals surface area contributed by atoms with Crippen molar-refractivity contribution in [2.75, 3.05) is 26.1 Å². The number of nitrogens with zero attached hydrogens (tertiary/aromatic N) is 3. The van der Waals surface area contributed by atoms with Crippen molar-refractivity contribution in [2.24, 2.45) is 10.1 Å². The molecule has 1 aromatic heterocycles. The van der Waals surface area contributed by atoms with E-state index < -0.39 is 5.97 Å². The average molecular weight is 331 g/mol. The predicted molar refractivity (Wildman–Crippen MR) is 93.5 cm³/mol. The van der Waals surface area contributed by atoms with E-state index in [0.29, 0.717) is 10.6 Å². The summed E-state index contributed by atoms with van der Waals surface area (Å²) in [5.41, 5.74) is 2.41. The molecule has 0 aliphatic carbocycles. The van der Waals surface area contributed by atoms with Crippen LogP contribution in [0.3, 0.4) is 0 Å². The first-order chi connectivity index (χ1) is 11.0. The molecule has 0 saturated carbocycles. The number of anilines is 1. The third-order valence-electron chi connectivity index (χ3n) is 2.99. The van der Waals surface area contributed by atoms with Gasteiger partial charge in [-0.1, -0.05) is 17.3 Å². The number of aliphatic imine (C=N–C) groups is 1. The standard InChI is InChI=1S/C16H17N3O3S/c1-19(2)13-6-4-11(5-7-13)9-17-14-8-12(10-23-14)15(16(20)21)18-22-3/h4-10H,1-3H3,(H,20,21). The van der Waals surface area contributed by atoms with E-state index in [1.54, 1.807) is 17.7 Å². The Morgan fingerprint density at radius 2 is 2.00 bits per heavy atom. The van der Waals surface area contributed by atoms with E-state index in [0.717, 1.165) is 11.3 Å². The zero-order valence-corrected chi connectivity index (χ0v) is 13.9. The number of aliphatic carboxylic acids is 1. The van der Waals surface area contributed by atoms with Crippen LogP contribution < -0.4 is 4.90 Å². The summed E-state index contributed by atoms with van der Waals surface area (Å²) in [7, 11) is 5.28. The highest BCUT2D eigenvalue weighted by molar-refractivity contribution is 7.14. The monoisotopic (exact) mass is 331 g/mol. The van der Waals surface area contributed by atoms with Crippen LogP contribution in [0.1, 0.15) is 11.1 Å². The number of thiophene rings is 1. The zero-order valence-electron chi connectivity index (χ0n) is 13.1. The van der Waals surface area contributed by atoms with Gasteiger partial charge in [-0.25, -0.2) is 9.79 Å². The highest BCUT2D eigenvalue weighted by atomic mass is 32.1. The number of hydrogen-bond donors (Lipinski definition) is 1. The number of carbonyl (C=O) groups is 1. The normalized spacial score (nSPS) is 11.7. The van der Waals surface area contributed by atoms with Gasteiger partial charge in [0.25, 0.3) is 0 Å². The Bertz CT molecular complexity index is 733. The molecule has 23 heavy (non-hydrogen) atoms. The van der Waals surface area contributed by atoms with Gasteiger partial charge in [-0.05, 0) is 23.8 Å². The fraction of sp³-hybridized carbons (Fsp3) is 0.188. The lowest BCUT2D eigenvalue weighted by Crippen LogP contribution is -2.13. The van der Waals surface area contributed by atoms with E-state index in [1.165, 1.54) is 18.4 Å². The molecule has 0 fully saturated rings. The first kappa shape index (κ1) is 16.7. The molecule has 2 aromatic rings. The van der Waals surface area contributed by atoms with Crippen molar-refractivity contribution in [1.82, 2.24) is 0 Å². The van der Waals surface area contributed by atoms with E-state index in [2.05, 4.69) is 15.0 Å². The lowest BCUT2D eigenvalue weighted by molar-refractivity contribution is -0.129. The molecule has 0 radical (unpaired) electrons. The Morgan fingerprint density at radius 3 is 2.57 bits per heavy atom. The van der Waals surface area contributed by atoms with Crippen molar-refractivity contribution in [3.05, 3.63) is 46.8 Å². The maximum Gasteiger partial charge on any atom is 0.358 e. The highest BCUT2D eigenvalue weighted by Gasteiger charge is 2.15. The van der Waals surface area contributed by atoms with Crippen LogP contribution in [0.2, 0.25) is 0 Å². The summed E-state index contributed by atoms with van der Waals surface area (Å²) in [4.78, 5) is 22.1. The van der Waals surface area contributed by atoms with E-state index in [1.807, 2.05) is 43.3 Å². The molecule has 120 valence electrons. The van der Waals surface area contributed by atoms with E-state index in [4.69, 9.17) is 5.11 Å². The van der Waals surface area contributed by atoms with Crippen LogP contribution in [0.15, 0.2) is 45.9 Å². The number of rotatable bonds is 6. The van der Waals surface area contributed by atoms with Crippen molar-refractivity contribution in [2.45, 2.75) is 0 Å². The molecule has 0 amide bonds. The van der Waals surface area contributed by atoms with E-state index >= 15 is 0 Å². The first-order valence-electron chi connectivity index (χ1n) is 6.76. The second kappa shape index (κ2) is 7.55. The third kappa shape index (κ3) is 4.40. The lowest BCUT2D eigenvalue weighted by atomic mass is 10.2. The Hall–Kier alpha value is -2.67. The third-order valence-corrected chi connectivity index (χ3v) is 3.83. The Balaban J connectivity index is 2.15.